The van der Waals surface area contributed by atoms with Gasteiger partial charge < -0.3 is 0 Å². The number of hydrogen-bond donors (Lipinski definition) is 2. The van der Waals surface area contributed by atoms with Crippen LogP contribution in [0.4, 0.5) is 0 Å². The van der Waals surface area contributed by atoms with Crippen LogP contribution in [0.3, 0.4) is 0 Å². The second-order valence-corrected chi connectivity index (χ2v) is 8.81. The van der Waals surface area contributed by atoms with Crippen molar-refractivity contribution in [3.8, 4) is 0 Å². The van der Waals surface area contributed by atoms with E-state index in [2.05, 4.69) is 26.2 Å². The summed E-state index contributed by atoms with van der Waals surface area (Å²) < 4.78 is 22.1. The van der Waals surface area contributed by atoms with Gasteiger partial charge >= 0.3 is 0 Å². The highest BCUT2D eigenvalue weighted by molar-refractivity contribution is 8.00. The smallest absolute Gasteiger partial charge is 0.147 e. The van der Waals surface area contributed by atoms with Gasteiger partial charge in [0.2, 0.25) is 0 Å². The maximum absolute atomic E-state index is 11.0. The van der Waals surface area contributed by atoms with E-state index in [1.165, 1.54) is 6.26 Å². The second kappa shape index (κ2) is 6.08. The number of hydrogen-bond acceptors (Lipinski definition) is 5. The zero-order valence-electron chi connectivity index (χ0n) is 9.91. The second-order valence-electron chi connectivity index (χ2n) is 4.71. The quantitative estimate of drug-likeness (QED) is 0.541. The Kier molecular flexibility index (Phi) is 6.17. The molecule has 0 aliphatic heterocycles. The van der Waals surface area contributed by atoms with Crippen LogP contribution in [-0.4, -0.2) is 37.0 Å². The molecule has 0 rings (SSSR count). The van der Waals surface area contributed by atoms with E-state index < -0.39 is 9.84 Å². The Morgan fingerprint density at radius 1 is 1.40 bits per heavy atom. The van der Waals surface area contributed by atoms with Gasteiger partial charge in [-0.2, -0.15) is 11.8 Å². The molecule has 0 fully saturated rings. The molecule has 0 saturated carbocycles. The predicted molar refractivity (Wildman–Crippen MR) is 67.6 cm³/mol. The van der Waals surface area contributed by atoms with Gasteiger partial charge in [0.25, 0.3) is 0 Å². The average molecular weight is 254 g/mol. The third kappa shape index (κ3) is 10.5. The van der Waals surface area contributed by atoms with Gasteiger partial charge in [0, 0.05) is 22.8 Å². The van der Waals surface area contributed by atoms with Crippen LogP contribution in [0.25, 0.3) is 0 Å². The summed E-state index contributed by atoms with van der Waals surface area (Å²) in [5.74, 6) is 6.39. The summed E-state index contributed by atoms with van der Waals surface area (Å²) in [4.78, 5) is 0. The molecule has 15 heavy (non-hydrogen) atoms. The fourth-order valence-electron chi connectivity index (χ4n) is 0.922. The summed E-state index contributed by atoms with van der Waals surface area (Å²) in [6.07, 6.45) is 1.82. The largest absolute Gasteiger partial charge is 0.271 e. The number of hydrazine groups is 1. The van der Waals surface area contributed by atoms with Gasteiger partial charge in [0.15, 0.2) is 0 Å². The van der Waals surface area contributed by atoms with Crippen molar-refractivity contribution in [3.63, 3.8) is 0 Å². The van der Waals surface area contributed by atoms with Gasteiger partial charge in [0.05, 0.1) is 5.75 Å². The Morgan fingerprint density at radius 2 is 1.93 bits per heavy atom. The average Bonchev–Trinajstić information content (AvgIpc) is 2.00. The first kappa shape index (κ1) is 15.2. The zero-order chi connectivity index (χ0) is 12.1. The molecule has 0 aliphatic rings. The lowest BCUT2D eigenvalue weighted by Crippen LogP contribution is -2.39. The van der Waals surface area contributed by atoms with Crippen molar-refractivity contribution in [2.75, 3.05) is 17.8 Å². The van der Waals surface area contributed by atoms with Crippen LogP contribution >= 0.6 is 11.8 Å². The van der Waals surface area contributed by atoms with E-state index in [4.69, 9.17) is 5.84 Å². The van der Waals surface area contributed by atoms with Crippen molar-refractivity contribution in [1.82, 2.24) is 5.43 Å². The summed E-state index contributed by atoms with van der Waals surface area (Å²) in [6, 6.07) is 0.0592. The molecule has 0 bridgehead atoms. The molecule has 0 aromatic heterocycles. The van der Waals surface area contributed by atoms with Crippen molar-refractivity contribution < 1.29 is 8.42 Å². The van der Waals surface area contributed by atoms with E-state index >= 15 is 0 Å². The van der Waals surface area contributed by atoms with Crippen LogP contribution in [0.2, 0.25) is 0 Å². The molecular weight excluding hydrogens is 232 g/mol. The van der Waals surface area contributed by atoms with E-state index in [0.29, 0.717) is 6.42 Å². The molecule has 0 aromatic rings. The lowest BCUT2D eigenvalue weighted by Gasteiger charge is -2.22. The molecular formula is C9H22N2O2S2. The van der Waals surface area contributed by atoms with Crippen molar-refractivity contribution in [2.45, 2.75) is 38.0 Å². The van der Waals surface area contributed by atoms with Crippen molar-refractivity contribution in [2.24, 2.45) is 5.84 Å². The first-order chi connectivity index (χ1) is 6.64. The first-order valence-electron chi connectivity index (χ1n) is 4.92. The Hall–Kier alpha value is 0.220. The van der Waals surface area contributed by atoms with Gasteiger partial charge in [-0.25, -0.2) is 8.42 Å². The van der Waals surface area contributed by atoms with Crippen LogP contribution < -0.4 is 11.3 Å². The van der Waals surface area contributed by atoms with Gasteiger partial charge in [0.1, 0.15) is 9.84 Å². The Balaban J connectivity index is 3.95. The first-order valence-corrected chi connectivity index (χ1v) is 7.96. The molecule has 1 unspecified atom stereocenters. The molecule has 4 nitrogen and oxygen atoms in total. The molecule has 0 spiro atoms. The van der Waals surface area contributed by atoms with Crippen LogP contribution in [0.5, 0.6) is 0 Å². The molecule has 3 N–H and O–H groups in total. The van der Waals surface area contributed by atoms with Gasteiger partial charge in [-0.15, -0.1) is 0 Å². The molecule has 0 heterocycles. The van der Waals surface area contributed by atoms with E-state index in [9.17, 15) is 8.42 Å². The molecule has 6 heteroatoms. The molecule has 0 amide bonds. The van der Waals surface area contributed by atoms with E-state index in [0.717, 1.165) is 5.75 Å². The molecule has 0 radical (unpaired) electrons. The molecule has 1 atom stereocenters. The monoisotopic (exact) mass is 254 g/mol. The van der Waals surface area contributed by atoms with Crippen molar-refractivity contribution in [3.05, 3.63) is 0 Å². The lowest BCUT2D eigenvalue weighted by atomic mass is 10.2. The normalized spacial score (nSPS) is 15.3. The van der Waals surface area contributed by atoms with Crippen molar-refractivity contribution in [1.29, 1.82) is 0 Å². The molecule has 0 aliphatic carbocycles. The van der Waals surface area contributed by atoms with E-state index in [1.807, 2.05) is 0 Å². The summed E-state index contributed by atoms with van der Waals surface area (Å²) in [5, 5.41) is 0. The number of nitrogens with two attached hydrogens (primary N) is 1. The molecule has 0 saturated heterocycles. The summed E-state index contributed by atoms with van der Waals surface area (Å²) >= 11 is 1.78. The van der Waals surface area contributed by atoms with Crippen LogP contribution in [0.15, 0.2) is 0 Å². The fraction of sp³-hybridized carbons (Fsp3) is 1.00. The number of thioether (sulfide) groups is 1. The number of rotatable bonds is 6. The minimum absolute atomic E-state index is 0.0592. The predicted octanol–water partition coefficient (Wildman–Crippen LogP) is 0.785. The highest BCUT2D eigenvalue weighted by Crippen LogP contribution is 2.24. The summed E-state index contributed by atoms with van der Waals surface area (Å²) in [6.45, 7) is 6.38. The Labute approximate surface area is 97.3 Å². The van der Waals surface area contributed by atoms with Gasteiger partial charge in [-0.05, 0) is 6.42 Å². The van der Waals surface area contributed by atoms with E-state index in [1.54, 1.807) is 11.8 Å². The number of nitrogens with one attached hydrogen (secondary N) is 1. The highest BCUT2D eigenvalue weighted by atomic mass is 32.2. The standard InChI is InChI=1S/C9H22N2O2S2/c1-9(2,3)14-7-8(11-10)5-6-15(4,12)13/h8,11H,5-7,10H2,1-4H3. The highest BCUT2D eigenvalue weighted by Gasteiger charge is 2.16. The lowest BCUT2D eigenvalue weighted by molar-refractivity contribution is 0.549. The van der Waals surface area contributed by atoms with Crippen LogP contribution in [0, 0.1) is 0 Å². The maximum atomic E-state index is 11.0. The van der Waals surface area contributed by atoms with Crippen LogP contribution in [-0.2, 0) is 9.84 Å². The minimum atomic E-state index is -2.89. The zero-order valence-corrected chi connectivity index (χ0v) is 11.5. The summed E-state index contributed by atoms with van der Waals surface area (Å²) in [5.41, 5.74) is 2.66. The van der Waals surface area contributed by atoms with Crippen LogP contribution in [0.1, 0.15) is 27.2 Å². The fourth-order valence-corrected chi connectivity index (χ4v) is 2.60. The molecule has 92 valence electrons. The third-order valence-electron chi connectivity index (χ3n) is 1.79. The van der Waals surface area contributed by atoms with E-state index in [-0.39, 0.29) is 16.5 Å². The number of sulfone groups is 1. The third-order valence-corrected chi connectivity index (χ3v) is 4.20. The van der Waals surface area contributed by atoms with Crippen molar-refractivity contribution >= 4 is 21.6 Å². The Bertz CT molecular complexity index is 270. The Morgan fingerprint density at radius 3 is 2.27 bits per heavy atom. The topological polar surface area (TPSA) is 72.2 Å². The molecule has 0 aromatic carbocycles. The van der Waals surface area contributed by atoms with Gasteiger partial charge in [-0.3, -0.25) is 11.3 Å². The van der Waals surface area contributed by atoms with Gasteiger partial charge in [-0.1, -0.05) is 20.8 Å². The summed E-state index contributed by atoms with van der Waals surface area (Å²) in [7, 11) is -2.89. The minimum Gasteiger partial charge on any atom is -0.271 e. The maximum Gasteiger partial charge on any atom is 0.147 e. The SMILES string of the molecule is CC(C)(C)SCC(CCS(C)(=O)=O)NN.